The maximum atomic E-state index is 12.6. The van der Waals surface area contributed by atoms with Crippen molar-refractivity contribution in [3.63, 3.8) is 0 Å². The number of guanidine groups is 1. The molecule has 1 aromatic heterocycles. The van der Waals surface area contributed by atoms with Crippen LogP contribution in [0.25, 0.3) is 0 Å². The van der Waals surface area contributed by atoms with Gasteiger partial charge in [0.2, 0.25) is 5.91 Å². The number of amides is 1. The molecule has 1 saturated heterocycles. The first kappa shape index (κ1) is 27.8. The molecule has 1 aliphatic heterocycles. The number of piperidine rings is 1. The highest BCUT2D eigenvalue weighted by Crippen LogP contribution is 2.35. The van der Waals surface area contributed by atoms with Gasteiger partial charge in [-0.3, -0.25) is 14.7 Å². The van der Waals surface area contributed by atoms with Gasteiger partial charge in [0.1, 0.15) is 6.54 Å². The zero-order valence-electron chi connectivity index (χ0n) is 20.5. The highest BCUT2D eigenvalue weighted by molar-refractivity contribution is 14.0. The summed E-state index contributed by atoms with van der Waals surface area (Å²) in [6.45, 7) is 7.00. The lowest BCUT2D eigenvalue weighted by molar-refractivity contribution is -0.128. The Morgan fingerprint density at radius 3 is 2.52 bits per heavy atom. The highest BCUT2D eigenvalue weighted by Gasteiger charge is 2.38. The van der Waals surface area contributed by atoms with Crippen molar-refractivity contribution in [2.75, 3.05) is 46.3 Å². The van der Waals surface area contributed by atoms with E-state index in [2.05, 4.69) is 32.4 Å². The second kappa shape index (κ2) is 14.8. The number of likely N-dealkylation sites (tertiary alicyclic amines) is 1. The predicted molar refractivity (Wildman–Crippen MR) is 146 cm³/mol. The molecule has 2 aliphatic rings. The van der Waals surface area contributed by atoms with E-state index in [0.717, 1.165) is 31.2 Å². The summed E-state index contributed by atoms with van der Waals surface area (Å²) in [6, 6.07) is 5.88. The summed E-state index contributed by atoms with van der Waals surface area (Å²) >= 11 is 0. The van der Waals surface area contributed by atoms with Crippen molar-refractivity contribution < 1.29 is 4.79 Å². The van der Waals surface area contributed by atoms with E-state index in [1.807, 2.05) is 25.2 Å². The van der Waals surface area contributed by atoms with Crippen molar-refractivity contribution >= 4 is 35.8 Å². The number of carbonyl (C=O) groups is 1. The second-order valence-electron chi connectivity index (χ2n) is 9.27. The van der Waals surface area contributed by atoms with Gasteiger partial charge in [-0.15, -0.1) is 24.0 Å². The minimum atomic E-state index is 0. The van der Waals surface area contributed by atoms with E-state index >= 15 is 0 Å². The second-order valence-corrected chi connectivity index (χ2v) is 9.27. The van der Waals surface area contributed by atoms with Gasteiger partial charge in [0, 0.05) is 50.5 Å². The SMILES string of the molecule is CCNC(=NCC(=O)N(C)CCc1ccccn1)NCC1(N2CCCCC2)CCCCC1.I. The molecule has 3 rings (SSSR count). The monoisotopic (exact) mass is 570 g/mol. The number of hydrogen-bond donors (Lipinski definition) is 2. The Bertz CT molecular complexity index is 717. The number of likely N-dealkylation sites (N-methyl/N-ethyl adjacent to an activating group) is 1. The summed E-state index contributed by atoms with van der Waals surface area (Å²) in [7, 11) is 1.84. The predicted octanol–water partition coefficient (Wildman–Crippen LogP) is 3.44. The van der Waals surface area contributed by atoms with E-state index in [-0.39, 0.29) is 42.0 Å². The van der Waals surface area contributed by atoms with Crippen molar-refractivity contribution in [1.29, 1.82) is 0 Å². The van der Waals surface area contributed by atoms with E-state index < -0.39 is 0 Å². The third-order valence-electron chi connectivity index (χ3n) is 6.97. The number of aliphatic imine (C=N–C) groups is 1. The van der Waals surface area contributed by atoms with Crippen LogP contribution in [0, 0.1) is 0 Å². The molecule has 1 saturated carbocycles. The Morgan fingerprint density at radius 2 is 1.85 bits per heavy atom. The molecule has 1 aromatic rings. The van der Waals surface area contributed by atoms with Crippen molar-refractivity contribution in [1.82, 2.24) is 25.4 Å². The lowest BCUT2D eigenvalue weighted by Crippen LogP contribution is -2.59. The fraction of sp³-hybridized carbons (Fsp3) is 0.720. The average Bonchev–Trinajstić information content (AvgIpc) is 2.85. The number of carbonyl (C=O) groups excluding carboxylic acids is 1. The molecular formula is C25H43IN6O. The van der Waals surface area contributed by atoms with Crippen LogP contribution in [0.4, 0.5) is 0 Å². The molecule has 186 valence electrons. The first-order valence-electron chi connectivity index (χ1n) is 12.5. The molecule has 0 bridgehead atoms. The summed E-state index contributed by atoms with van der Waals surface area (Å²) in [5.74, 6) is 0.780. The van der Waals surface area contributed by atoms with Gasteiger partial charge in [-0.1, -0.05) is 31.7 Å². The molecule has 2 fully saturated rings. The zero-order valence-corrected chi connectivity index (χ0v) is 22.9. The standard InChI is InChI=1S/C25H42N6O.HI/c1-3-26-24(28-20-23(32)30(2)19-13-22-12-6-9-16-27-22)29-21-25(14-7-4-8-15-25)31-17-10-5-11-18-31;/h6,9,12,16H,3-5,7-8,10-11,13-15,17-21H2,1-2H3,(H2,26,28,29);1H. The minimum absolute atomic E-state index is 0. The van der Waals surface area contributed by atoms with Crippen LogP contribution >= 0.6 is 24.0 Å². The van der Waals surface area contributed by atoms with E-state index in [4.69, 9.17) is 0 Å². The number of rotatable bonds is 9. The van der Waals surface area contributed by atoms with Crippen LogP contribution in [0.2, 0.25) is 0 Å². The maximum absolute atomic E-state index is 12.6. The maximum Gasteiger partial charge on any atom is 0.244 e. The molecule has 2 N–H and O–H groups in total. The van der Waals surface area contributed by atoms with Crippen molar-refractivity contribution in [3.8, 4) is 0 Å². The molecule has 0 aromatic carbocycles. The quantitative estimate of drug-likeness (QED) is 0.271. The number of nitrogens with one attached hydrogen (secondary N) is 2. The van der Waals surface area contributed by atoms with Gasteiger partial charge in [-0.05, 0) is 57.8 Å². The van der Waals surface area contributed by atoms with Gasteiger partial charge < -0.3 is 15.5 Å². The van der Waals surface area contributed by atoms with E-state index in [9.17, 15) is 4.79 Å². The van der Waals surface area contributed by atoms with Gasteiger partial charge in [-0.25, -0.2) is 4.99 Å². The lowest BCUT2D eigenvalue weighted by Gasteiger charge is -2.48. The fourth-order valence-electron chi connectivity index (χ4n) is 4.99. The summed E-state index contributed by atoms with van der Waals surface area (Å²) in [4.78, 5) is 26.1. The highest BCUT2D eigenvalue weighted by atomic mass is 127. The average molecular weight is 571 g/mol. The summed E-state index contributed by atoms with van der Waals surface area (Å²) in [6.07, 6.45) is 13.0. The number of hydrogen-bond acceptors (Lipinski definition) is 4. The first-order chi connectivity index (χ1) is 15.6. The molecular weight excluding hydrogens is 527 g/mol. The molecule has 1 aliphatic carbocycles. The first-order valence-corrected chi connectivity index (χ1v) is 12.5. The van der Waals surface area contributed by atoms with Crippen LogP contribution in [0.3, 0.4) is 0 Å². The van der Waals surface area contributed by atoms with Crippen LogP contribution in [-0.4, -0.2) is 78.5 Å². The molecule has 33 heavy (non-hydrogen) atoms. The molecule has 0 unspecified atom stereocenters. The number of pyridine rings is 1. The van der Waals surface area contributed by atoms with E-state index in [1.54, 1.807) is 11.1 Å². The van der Waals surface area contributed by atoms with Crippen LogP contribution in [0.1, 0.15) is 64.0 Å². The Morgan fingerprint density at radius 1 is 1.12 bits per heavy atom. The fourth-order valence-corrected chi connectivity index (χ4v) is 4.99. The summed E-state index contributed by atoms with van der Waals surface area (Å²) in [5, 5.41) is 6.93. The smallest absolute Gasteiger partial charge is 0.244 e. The van der Waals surface area contributed by atoms with Gasteiger partial charge in [0.05, 0.1) is 0 Å². The number of aromatic nitrogens is 1. The molecule has 1 amide bonds. The van der Waals surface area contributed by atoms with Crippen LogP contribution in [-0.2, 0) is 11.2 Å². The Kier molecular flexibility index (Phi) is 12.4. The molecule has 0 atom stereocenters. The lowest BCUT2D eigenvalue weighted by atomic mass is 9.79. The Labute approximate surface area is 217 Å². The van der Waals surface area contributed by atoms with Crippen molar-refractivity contribution in [2.24, 2.45) is 4.99 Å². The Balaban J connectivity index is 0.00000385. The molecule has 2 heterocycles. The minimum Gasteiger partial charge on any atom is -0.357 e. The summed E-state index contributed by atoms with van der Waals surface area (Å²) in [5.41, 5.74) is 1.24. The van der Waals surface area contributed by atoms with Crippen molar-refractivity contribution in [2.45, 2.75) is 70.3 Å². The van der Waals surface area contributed by atoms with Crippen molar-refractivity contribution in [3.05, 3.63) is 30.1 Å². The molecule has 8 heteroatoms. The van der Waals surface area contributed by atoms with E-state index in [1.165, 1.54) is 64.5 Å². The Hall–Kier alpha value is -1.42. The summed E-state index contributed by atoms with van der Waals surface area (Å²) < 4.78 is 0. The molecule has 0 spiro atoms. The van der Waals surface area contributed by atoms with Gasteiger partial charge in [-0.2, -0.15) is 0 Å². The van der Waals surface area contributed by atoms with E-state index in [0.29, 0.717) is 6.54 Å². The van der Waals surface area contributed by atoms with Crippen LogP contribution < -0.4 is 10.6 Å². The van der Waals surface area contributed by atoms with Crippen LogP contribution in [0.15, 0.2) is 29.4 Å². The topological polar surface area (TPSA) is 72.9 Å². The van der Waals surface area contributed by atoms with Crippen LogP contribution in [0.5, 0.6) is 0 Å². The molecule has 7 nitrogen and oxygen atoms in total. The normalized spacial score (nSPS) is 18.8. The largest absolute Gasteiger partial charge is 0.357 e. The third kappa shape index (κ3) is 8.70. The zero-order chi connectivity index (χ0) is 22.7. The van der Waals surface area contributed by atoms with Gasteiger partial charge >= 0.3 is 0 Å². The van der Waals surface area contributed by atoms with Gasteiger partial charge in [0.15, 0.2) is 5.96 Å². The molecule has 0 radical (unpaired) electrons. The number of halogens is 1. The third-order valence-corrected chi connectivity index (χ3v) is 6.97. The van der Waals surface area contributed by atoms with Gasteiger partial charge in [0.25, 0.3) is 0 Å². The number of nitrogens with zero attached hydrogens (tertiary/aromatic N) is 4.